The van der Waals surface area contributed by atoms with Crippen LogP contribution in [0, 0.1) is 6.92 Å². The maximum atomic E-state index is 12.7. The van der Waals surface area contributed by atoms with Gasteiger partial charge >= 0.3 is 0 Å². The van der Waals surface area contributed by atoms with Gasteiger partial charge in [-0.05, 0) is 48.1 Å². The monoisotopic (exact) mass is 388 g/mol. The number of benzene rings is 2. The lowest BCUT2D eigenvalue weighted by molar-refractivity contribution is 0.317. The Morgan fingerprint density at radius 2 is 1.85 bits per heavy atom. The molecular formula is C21H28N2O3S. The average Bonchev–Trinajstić information content (AvgIpc) is 2.60. The van der Waals surface area contributed by atoms with Gasteiger partial charge in [-0.25, -0.2) is 4.83 Å². The summed E-state index contributed by atoms with van der Waals surface area (Å²) in [7, 11) is -3.76. The van der Waals surface area contributed by atoms with Crippen molar-refractivity contribution in [3.63, 3.8) is 0 Å². The van der Waals surface area contributed by atoms with E-state index in [9.17, 15) is 8.42 Å². The van der Waals surface area contributed by atoms with Crippen molar-refractivity contribution in [2.45, 2.75) is 51.3 Å². The van der Waals surface area contributed by atoms with E-state index in [1.165, 1.54) is 6.21 Å². The van der Waals surface area contributed by atoms with Crippen molar-refractivity contribution in [2.75, 3.05) is 6.61 Å². The summed E-state index contributed by atoms with van der Waals surface area (Å²) in [4.78, 5) is 2.55. The van der Waals surface area contributed by atoms with Crippen LogP contribution in [0.15, 0.2) is 52.5 Å². The van der Waals surface area contributed by atoms with Gasteiger partial charge in [0.05, 0.1) is 17.7 Å². The Morgan fingerprint density at radius 1 is 1.15 bits per heavy atom. The van der Waals surface area contributed by atoms with Gasteiger partial charge in [0.1, 0.15) is 5.75 Å². The first-order valence-electron chi connectivity index (χ1n) is 9.03. The Balaban J connectivity index is 2.24. The molecule has 0 aliphatic heterocycles. The second-order valence-electron chi connectivity index (χ2n) is 7.47. The molecule has 27 heavy (non-hydrogen) atoms. The third-order valence-electron chi connectivity index (χ3n) is 4.10. The SMILES string of the molecule is CCCOc1ccccc1/C=N/NS(=O)(=O)c1cc(C(C)(C)C)ccc1C. The van der Waals surface area contributed by atoms with Crippen LogP contribution < -0.4 is 9.57 Å². The predicted molar refractivity (Wildman–Crippen MR) is 110 cm³/mol. The lowest BCUT2D eigenvalue weighted by Crippen LogP contribution is -2.21. The molecule has 0 heterocycles. The van der Waals surface area contributed by atoms with Gasteiger partial charge in [0.15, 0.2) is 0 Å². The average molecular weight is 389 g/mol. The maximum Gasteiger partial charge on any atom is 0.276 e. The molecule has 0 radical (unpaired) electrons. The molecule has 2 aromatic rings. The first-order valence-corrected chi connectivity index (χ1v) is 10.5. The summed E-state index contributed by atoms with van der Waals surface area (Å²) in [5.74, 6) is 0.674. The smallest absolute Gasteiger partial charge is 0.276 e. The molecule has 6 heteroatoms. The summed E-state index contributed by atoms with van der Waals surface area (Å²) in [5, 5.41) is 3.95. The van der Waals surface area contributed by atoms with Gasteiger partial charge in [0.2, 0.25) is 0 Å². The molecule has 0 atom stereocenters. The Bertz CT molecular complexity index is 913. The van der Waals surface area contributed by atoms with Gasteiger partial charge in [-0.2, -0.15) is 13.5 Å². The number of hydrogen-bond acceptors (Lipinski definition) is 4. The molecule has 0 aliphatic carbocycles. The standard InChI is InChI=1S/C21H28N2O3S/c1-6-13-26-19-10-8-7-9-17(19)15-22-23-27(24,25)20-14-18(21(3,4)5)12-11-16(20)2/h7-12,14-15,23H,6,13H2,1-5H3/b22-15+. The molecule has 5 nitrogen and oxygen atoms in total. The number of nitrogens with one attached hydrogen (secondary N) is 1. The van der Waals surface area contributed by atoms with Crippen LogP contribution in [0.4, 0.5) is 0 Å². The van der Waals surface area contributed by atoms with Crippen molar-refractivity contribution < 1.29 is 13.2 Å². The number of para-hydroxylation sites is 1. The number of hydrogen-bond donors (Lipinski definition) is 1. The van der Waals surface area contributed by atoms with Gasteiger partial charge in [-0.15, -0.1) is 0 Å². The minimum Gasteiger partial charge on any atom is -0.493 e. The zero-order chi connectivity index (χ0) is 20.1. The highest BCUT2D eigenvalue weighted by Gasteiger charge is 2.21. The van der Waals surface area contributed by atoms with Gasteiger partial charge in [-0.1, -0.05) is 52.0 Å². The first-order chi connectivity index (χ1) is 12.6. The quantitative estimate of drug-likeness (QED) is 0.565. The molecule has 1 N–H and O–H groups in total. The Kier molecular flexibility index (Phi) is 6.65. The Morgan fingerprint density at radius 3 is 2.52 bits per heavy atom. The van der Waals surface area contributed by atoms with E-state index in [4.69, 9.17) is 4.74 Å². The molecule has 0 spiro atoms. The second kappa shape index (κ2) is 8.57. The van der Waals surface area contributed by atoms with Crippen LogP contribution in [0.3, 0.4) is 0 Å². The highest BCUT2D eigenvalue weighted by molar-refractivity contribution is 7.89. The number of ether oxygens (including phenoxy) is 1. The van der Waals surface area contributed by atoms with E-state index in [1.807, 2.05) is 64.1 Å². The fraction of sp³-hybridized carbons (Fsp3) is 0.381. The summed E-state index contributed by atoms with van der Waals surface area (Å²) < 4.78 is 31.1. The molecule has 0 saturated heterocycles. The van der Waals surface area contributed by atoms with Crippen LogP contribution in [0.25, 0.3) is 0 Å². The third-order valence-corrected chi connectivity index (χ3v) is 5.47. The Labute approximate surface area is 162 Å². The molecule has 0 amide bonds. The van der Waals surface area contributed by atoms with Gasteiger partial charge in [0, 0.05) is 5.56 Å². The number of sulfonamides is 1. The van der Waals surface area contributed by atoms with E-state index in [2.05, 4.69) is 9.93 Å². The molecule has 146 valence electrons. The van der Waals surface area contributed by atoms with Crippen molar-refractivity contribution in [1.29, 1.82) is 0 Å². The largest absolute Gasteiger partial charge is 0.493 e. The molecule has 0 fully saturated rings. The summed E-state index contributed by atoms with van der Waals surface area (Å²) in [5.41, 5.74) is 2.21. The zero-order valence-electron chi connectivity index (χ0n) is 16.6. The van der Waals surface area contributed by atoms with Gasteiger partial charge < -0.3 is 4.74 Å². The number of nitrogens with zero attached hydrogens (tertiary/aromatic N) is 1. The van der Waals surface area contributed by atoms with E-state index in [0.717, 1.165) is 12.0 Å². The Hall–Kier alpha value is -2.34. The van der Waals surface area contributed by atoms with E-state index in [0.29, 0.717) is 23.5 Å². The van der Waals surface area contributed by atoms with E-state index < -0.39 is 10.0 Å². The molecule has 0 bridgehead atoms. The second-order valence-corrected chi connectivity index (χ2v) is 9.10. The number of aryl methyl sites for hydroxylation is 1. The van der Waals surface area contributed by atoms with Crippen molar-refractivity contribution in [1.82, 2.24) is 4.83 Å². The third kappa shape index (κ3) is 5.57. The van der Waals surface area contributed by atoms with E-state index in [-0.39, 0.29) is 10.3 Å². The number of hydrazone groups is 1. The molecule has 0 aliphatic rings. The van der Waals surface area contributed by atoms with Crippen LogP contribution in [0.2, 0.25) is 0 Å². The lowest BCUT2D eigenvalue weighted by Gasteiger charge is -2.20. The zero-order valence-corrected chi connectivity index (χ0v) is 17.4. The highest BCUT2D eigenvalue weighted by Crippen LogP contribution is 2.26. The predicted octanol–water partition coefficient (Wildman–Crippen LogP) is 4.39. The lowest BCUT2D eigenvalue weighted by atomic mass is 9.87. The molecule has 0 saturated carbocycles. The van der Waals surface area contributed by atoms with Gasteiger partial charge in [-0.3, -0.25) is 0 Å². The van der Waals surface area contributed by atoms with E-state index in [1.54, 1.807) is 13.0 Å². The molecule has 0 aromatic heterocycles. The van der Waals surface area contributed by atoms with Crippen LogP contribution in [-0.4, -0.2) is 21.2 Å². The fourth-order valence-corrected chi connectivity index (χ4v) is 3.57. The normalized spacial score (nSPS) is 12.3. The number of rotatable bonds is 7. The highest BCUT2D eigenvalue weighted by atomic mass is 32.2. The van der Waals surface area contributed by atoms with E-state index >= 15 is 0 Å². The minimum atomic E-state index is -3.76. The summed E-state index contributed by atoms with van der Waals surface area (Å²) in [6, 6.07) is 12.9. The molecule has 2 aromatic carbocycles. The van der Waals surface area contributed by atoms with Crippen LogP contribution >= 0.6 is 0 Å². The minimum absolute atomic E-state index is 0.142. The van der Waals surface area contributed by atoms with Crippen molar-refractivity contribution in [2.24, 2.45) is 5.10 Å². The topological polar surface area (TPSA) is 67.8 Å². The summed E-state index contributed by atoms with van der Waals surface area (Å²) >= 11 is 0. The van der Waals surface area contributed by atoms with Gasteiger partial charge in [0.25, 0.3) is 10.0 Å². The van der Waals surface area contributed by atoms with Crippen molar-refractivity contribution >= 4 is 16.2 Å². The van der Waals surface area contributed by atoms with Crippen molar-refractivity contribution in [3.8, 4) is 5.75 Å². The first kappa shape index (κ1) is 21.0. The molecule has 2 rings (SSSR count). The van der Waals surface area contributed by atoms with Crippen molar-refractivity contribution in [3.05, 3.63) is 59.2 Å². The maximum absolute atomic E-state index is 12.7. The molecule has 0 unspecified atom stereocenters. The van der Waals surface area contributed by atoms with Crippen LogP contribution in [0.5, 0.6) is 5.75 Å². The fourth-order valence-electron chi connectivity index (χ4n) is 2.50. The van der Waals surface area contributed by atoms with Crippen LogP contribution in [-0.2, 0) is 15.4 Å². The van der Waals surface area contributed by atoms with Crippen LogP contribution in [0.1, 0.15) is 50.8 Å². The molecular weight excluding hydrogens is 360 g/mol. The summed E-state index contributed by atoms with van der Waals surface area (Å²) in [6.07, 6.45) is 2.35. The summed E-state index contributed by atoms with van der Waals surface area (Å²) in [6.45, 7) is 10.5.